The zero-order chi connectivity index (χ0) is 25.4. The van der Waals surface area contributed by atoms with Gasteiger partial charge in [-0.3, -0.25) is 4.98 Å². The molecule has 6 nitrogen and oxygen atoms in total. The number of pyridine rings is 1. The summed E-state index contributed by atoms with van der Waals surface area (Å²) in [6.07, 6.45) is 1.83. The predicted molar refractivity (Wildman–Crippen MR) is 150 cm³/mol. The van der Waals surface area contributed by atoms with E-state index in [1.807, 2.05) is 36.5 Å². The quantitative estimate of drug-likeness (QED) is 0.343. The fourth-order valence-electron chi connectivity index (χ4n) is 5.09. The molecular formula is C29H31N5OS. The molecule has 0 unspecified atom stereocenters. The molecule has 1 N–H and O–H groups in total. The van der Waals surface area contributed by atoms with Crippen LogP contribution in [0.2, 0.25) is 0 Å². The summed E-state index contributed by atoms with van der Waals surface area (Å²) in [5.74, 6) is 0.793. The highest BCUT2D eigenvalue weighted by Gasteiger charge is 2.42. The zero-order valence-corrected chi connectivity index (χ0v) is 22.1. The predicted octanol–water partition coefficient (Wildman–Crippen LogP) is 5.74. The number of rotatable bonds is 6. The van der Waals surface area contributed by atoms with Crippen molar-refractivity contribution in [2.45, 2.75) is 25.9 Å². The van der Waals surface area contributed by atoms with Gasteiger partial charge in [0.1, 0.15) is 5.75 Å². The molecule has 2 atom stereocenters. The minimum Gasteiger partial charge on any atom is -0.497 e. The molecule has 2 aromatic heterocycles. The molecule has 1 aliphatic rings. The molecule has 2 aromatic carbocycles. The first-order valence-corrected chi connectivity index (χ1v) is 12.4. The van der Waals surface area contributed by atoms with Crippen LogP contribution in [-0.4, -0.2) is 35.9 Å². The van der Waals surface area contributed by atoms with Gasteiger partial charge in [-0.25, -0.2) is 0 Å². The number of benzene rings is 2. The minimum atomic E-state index is -0.102. The Balaban J connectivity index is 1.65. The molecule has 1 saturated heterocycles. The van der Waals surface area contributed by atoms with Crippen LogP contribution in [-0.2, 0) is 0 Å². The number of methoxy groups -OCH3 is 1. The number of thiocarbonyl (C=S) groups is 1. The number of nitrogens with one attached hydrogen (secondary N) is 1. The summed E-state index contributed by atoms with van der Waals surface area (Å²) >= 11 is 5.91. The molecule has 36 heavy (non-hydrogen) atoms. The van der Waals surface area contributed by atoms with Crippen molar-refractivity contribution < 1.29 is 4.74 Å². The summed E-state index contributed by atoms with van der Waals surface area (Å²) in [7, 11) is 5.80. The topological polar surface area (TPSA) is 45.6 Å². The van der Waals surface area contributed by atoms with Gasteiger partial charge in [-0.2, -0.15) is 0 Å². The second-order valence-corrected chi connectivity index (χ2v) is 9.66. The largest absolute Gasteiger partial charge is 0.497 e. The molecule has 1 aliphatic heterocycles. The van der Waals surface area contributed by atoms with Gasteiger partial charge in [-0.1, -0.05) is 12.1 Å². The van der Waals surface area contributed by atoms with Gasteiger partial charge in [-0.05, 0) is 86.2 Å². The van der Waals surface area contributed by atoms with E-state index in [4.69, 9.17) is 21.9 Å². The second-order valence-electron chi connectivity index (χ2n) is 9.27. The van der Waals surface area contributed by atoms with E-state index in [0.717, 1.165) is 22.8 Å². The summed E-state index contributed by atoms with van der Waals surface area (Å²) in [4.78, 5) is 8.99. The van der Waals surface area contributed by atoms with Crippen LogP contribution in [0.4, 0.5) is 11.4 Å². The maximum Gasteiger partial charge on any atom is 0.174 e. The SMILES string of the molecule is COc1cccc(N2C(=S)N[C@@H](c3ccccn3)[C@H]2c2cc(C)n(-c3ccc(N(C)C)cc3)c2C)c1. The average molecular weight is 498 g/mol. The Kier molecular flexibility index (Phi) is 6.41. The lowest BCUT2D eigenvalue weighted by atomic mass is 9.96. The van der Waals surface area contributed by atoms with Crippen molar-refractivity contribution in [1.29, 1.82) is 0 Å². The monoisotopic (exact) mass is 497 g/mol. The highest BCUT2D eigenvalue weighted by molar-refractivity contribution is 7.80. The van der Waals surface area contributed by atoms with Crippen molar-refractivity contribution >= 4 is 28.7 Å². The Bertz CT molecular complexity index is 1380. The minimum absolute atomic E-state index is 0.0829. The molecule has 0 radical (unpaired) electrons. The van der Waals surface area contributed by atoms with Crippen LogP contribution >= 0.6 is 12.2 Å². The maximum absolute atomic E-state index is 5.91. The number of aryl methyl sites for hydroxylation is 1. The first-order valence-electron chi connectivity index (χ1n) is 12.0. The van der Waals surface area contributed by atoms with Crippen LogP contribution in [0, 0.1) is 13.8 Å². The number of ether oxygens (including phenoxy) is 1. The standard InChI is InChI=1S/C29H31N5OS/c1-19-17-25(20(2)33(19)22-14-12-21(13-15-22)32(3)4)28-27(26-11-6-7-16-30-26)31-29(36)34(28)23-9-8-10-24(18-23)35-5/h6-18,27-28H,1-5H3,(H,31,36)/t27-,28+/m0/s1. The molecule has 0 bridgehead atoms. The number of hydrogen-bond acceptors (Lipinski definition) is 4. The van der Waals surface area contributed by atoms with E-state index in [1.165, 1.54) is 22.6 Å². The molecule has 0 amide bonds. The number of nitrogens with zero attached hydrogens (tertiary/aromatic N) is 4. The highest BCUT2D eigenvalue weighted by atomic mass is 32.1. The van der Waals surface area contributed by atoms with Crippen molar-refractivity contribution in [2.24, 2.45) is 0 Å². The molecule has 0 saturated carbocycles. The fourth-order valence-corrected chi connectivity index (χ4v) is 5.44. The third-order valence-electron chi connectivity index (χ3n) is 6.84. The molecule has 5 rings (SSSR count). The van der Waals surface area contributed by atoms with Crippen molar-refractivity contribution in [3.05, 3.63) is 102 Å². The van der Waals surface area contributed by atoms with Crippen molar-refractivity contribution in [1.82, 2.24) is 14.9 Å². The van der Waals surface area contributed by atoms with Crippen molar-refractivity contribution in [3.63, 3.8) is 0 Å². The highest BCUT2D eigenvalue weighted by Crippen LogP contribution is 2.44. The Labute approximate surface area is 218 Å². The van der Waals surface area contributed by atoms with E-state index < -0.39 is 0 Å². The number of aromatic nitrogens is 2. The van der Waals surface area contributed by atoms with Crippen molar-refractivity contribution in [3.8, 4) is 11.4 Å². The normalized spacial score (nSPS) is 17.2. The van der Waals surface area contributed by atoms with E-state index in [-0.39, 0.29) is 12.1 Å². The molecule has 3 heterocycles. The second kappa shape index (κ2) is 9.66. The van der Waals surface area contributed by atoms with Gasteiger partial charge in [0.15, 0.2) is 5.11 Å². The molecule has 184 valence electrons. The molecule has 7 heteroatoms. The van der Waals surface area contributed by atoms with Gasteiger partial charge in [0.25, 0.3) is 0 Å². The lowest BCUT2D eigenvalue weighted by molar-refractivity contribution is 0.415. The summed E-state index contributed by atoms with van der Waals surface area (Å²) in [5, 5.41) is 4.23. The van der Waals surface area contributed by atoms with E-state index in [1.54, 1.807) is 7.11 Å². The Morgan fingerprint density at radius 1 is 0.944 bits per heavy atom. The van der Waals surface area contributed by atoms with E-state index in [9.17, 15) is 0 Å². The van der Waals surface area contributed by atoms with Crippen LogP contribution in [0.25, 0.3) is 5.69 Å². The van der Waals surface area contributed by atoms with Gasteiger partial charge in [0.2, 0.25) is 0 Å². The van der Waals surface area contributed by atoms with Gasteiger partial charge < -0.3 is 24.4 Å². The first-order chi connectivity index (χ1) is 17.4. The van der Waals surface area contributed by atoms with Gasteiger partial charge in [0, 0.05) is 54.8 Å². The molecule has 1 fully saturated rings. The van der Waals surface area contributed by atoms with Crippen LogP contribution < -0.4 is 19.9 Å². The summed E-state index contributed by atoms with van der Waals surface area (Å²) in [5.41, 5.74) is 7.79. The Morgan fingerprint density at radius 2 is 1.72 bits per heavy atom. The van der Waals surface area contributed by atoms with Crippen LogP contribution in [0.3, 0.4) is 0 Å². The molecule has 4 aromatic rings. The fraction of sp³-hybridized carbons (Fsp3) is 0.241. The van der Waals surface area contributed by atoms with Gasteiger partial charge in [-0.15, -0.1) is 0 Å². The third kappa shape index (κ3) is 4.20. The first kappa shape index (κ1) is 23.9. The lowest BCUT2D eigenvalue weighted by Gasteiger charge is -2.28. The number of anilines is 2. The summed E-state index contributed by atoms with van der Waals surface area (Å²) in [6, 6.07) is 24.8. The smallest absolute Gasteiger partial charge is 0.174 e. The molecule has 0 aliphatic carbocycles. The van der Waals surface area contributed by atoms with Crippen LogP contribution in [0.1, 0.15) is 34.7 Å². The Hall–Kier alpha value is -3.84. The van der Waals surface area contributed by atoms with Gasteiger partial charge in [0.05, 0.1) is 24.9 Å². The van der Waals surface area contributed by atoms with E-state index in [2.05, 4.69) is 90.1 Å². The molecular weight excluding hydrogens is 466 g/mol. The summed E-state index contributed by atoms with van der Waals surface area (Å²) in [6.45, 7) is 4.34. The van der Waals surface area contributed by atoms with E-state index >= 15 is 0 Å². The van der Waals surface area contributed by atoms with E-state index in [0.29, 0.717) is 5.11 Å². The average Bonchev–Trinajstić information content (AvgIpc) is 3.39. The maximum atomic E-state index is 5.91. The Morgan fingerprint density at radius 3 is 2.39 bits per heavy atom. The third-order valence-corrected chi connectivity index (χ3v) is 7.16. The van der Waals surface area contributed by atoms with Crippen LogP contribution in [0.5, 0.6) is 5.75 Å². The lowest BCUT2D eigenvalue weighted by Crippen LogP contribution is -2.29. The molecule has 0 spiro atoms. The summed E-state index contributed by atoms with van der Waals surface area (Å²) < 4.78 is 7.84. The van der Waals surface area contributed by atoms with Crippen molar-refractivity contribution in [2.75, 3.05) is 31.0 Å². The zero-order valence-electron chi connectivity index (χ0n) is 21.3. The van der Waals surface area contributed by atoms with Gasteiger partial charge >= 0.3 is 0 Å². The number of hydrogen-bond donors (Lipinski definition) is 1. The van der Waals surface area contributed by atoms with Crippen LogP contribution in [0.15, 0.2) is 79.0 Å².